The summed E-state index contributed by atoms with van der Waals surface area (Å²) in [6.07, 6.45) is 0.764. The van der Waals surface area contributed by atoms with Crippen LogP contribution in [0.1, 0.15) is 24.2 Å². The number of hydrogen-bond acceptors (Lipinski definition) is 5. The molecule has 0 saturated carbocycles. The predicted molar refractivity (Wildman–Crippen MR) is 75.8 cm³/mol. The molecule has 0 N–H and O–H groups in total. The standard InChI is InChI=1S/C15H22O5/c1-3-17-7-9-19-14-6-5-13(12-16)15(11-14)20-10-8-18-4-2/h5-6,11-12H,3-4,7-10H2,1-2H3. The lowest BCUT2D eigenvalue weighted by Gasteiger charge is -2.11. The lowest BCUT2D eigenvalue weighted by molar-refractivity contribution is 0.105. The van der Waals surface area contributed by atoms with Crippen LogP contribution < -0.4 is 9.47 Å². The normalized spacial score (nSPS) is 10.3. The minimum atomic E-state index is 0.400. The first-order valence-corrected chi connectivity index (χ1v) is 6.82. The van der Waals surface area contributed by atoms with E-state index in [2.05, 4.69) is 0 Å². The van der Waals surface area contributed by atoms with E-state index in [0.29, 0.717) is 56.7 Å². The van der Waals surface area contributed by atoms with Gasteiger partial charge in [-0.3, -0.25) is 4.79 Å². The molecule has 112 valence electrons. The minimum absolute atomic E-state index is 0.400. The van der Waals surface area contributed by atoms with Gasteiger partial charge in [-0.1, -0.05) is 0 Å². The van der Waals surface area contributed by atoms with Gasteiger partial charge in [-0.2, -0.15) is 0 Å². The molecule has 1 rings (SSSR count). The molecule has 0 radical (unpaired) electrons. The van der Waals surface area contributed by atoms with Crippen molar-refractivity contribution in [3.63, 3.8) is 0 Å². The smallest absolute Gasteiger partial charge is 0.153 e. The highest BCUT2D eigenvalue weighted by Gasteiger charge is 2.05. The topological polar surface area (TPSA) is 54.0 Å². The number of ether oxygens (including phenoxy) is 4. The Kier molecular flexibility index (Phi) is 8.42. The van der Waals surface area contributed by atoms with Crippen molar-refractivity contribution >= 4 is 6.29 Å². The highest BCUT2D eigenvalue weighted by Crippen LogP contribution is 2.23. The van der Waals surface area contributed by atoms with E-state index in [-0.39, 0.29) is 0 Å². The Morgan fingerprint density at radius 1 is 0.950 bits per heavy atom. The number of carbonyl (C=O) groups excluding carboxylic acids is 1. The maximum absolute atomic E-state index is 11.0. The van der Waals surface area contributed by atoms with E-state index in [4.69, 9.17) is 18.9 Å². The maximum atomic E-state index is 11.0. The van der Waals surface area contributed by atoms with Crippen LogP contribution in [0.2, 0.25) is 0 Å². The van der Waals surface area contributed by atoms with E-state index in [1.54, 1.807) is 18.2 Å². The van der Waals surface area contributed by atoms with Crippen molar-refractivity contribution in [3.05, 3.63) is 23.8 Å². The third kappa shape index (κ3) is 6.04. The van der Waals surface area contributed by atoms with Gasteiger partial charge in [0.25, 0.3) is 0 Å². The first-order valence-electron chi connectivity index (χ1n) is 6.82. The van der Waals surface area contributed by atoms with Gasteiger partial charge in [0.1, 0.15) is 24.7 Å². The summed E-state index contributed by atoms with van der Waals surface area (Å²) < 4.78 is 21.4. The summed E-state index contributed by atoms with van der Waals surface area (Å²) in [4.78, 5) is 11.0. The molecule has 0 amide bonds. The quantitative estimate of drug-likeness (QED) is 0.460. The molecule has 5 nitrogen and oxygen atoms in total. The van der Waals surface area contributed by atoms with Gasteiger partial charge < -0.3 is 18.9 Å². The molecule has 0 bridgehead atoms. The summed E-state index contributed by atoms with van der Waals surface area (Å²) in [6, 6.07) is 5.13. The number of carbonyl (C=O) groups is 1. The van der Waals surface area contributed by atoms with Gasteiger partial charge >= 0.3 is 0 Å². The highest BCUT2D eigenvalue weighted by atomic mass is 16.5. The van der Waals surface area contributed by atoms with Gasteiger partial charge in [-0.25, -0.2) is 0 Å². The van der Waals surface area contributed by atoms with Crippen molar-refractivity contribution in [2.45, 2.75) is 13.8 Å². The second kappa shape index (κ2) is 10.2. The summed E-state index contributed by atoms with van der Waals surface area (Å²) in [6.45, 7) is 7.05. The Labute approximate surface area is 119 Å². The lowest BCUT2D eigenvalue weighted by atomic mass is 10.2. The first-order chi connectivity index (χ1) is 9.81. The van der Waals surface area contributed by atoms with Crippen LogP contribution in [0.15, 0.2) is 18.2 Å². The number of benzene rings is 1. The molecular weight excluding hydrogens is 260 g/mol. The zero-order valence-electron chi connectivity index (χ0n) is 12.1. The van der Waals surface area contributed by atoms with Gasteiger partial charge in [-0.15, -0.1) is 0 Å². The number of aldehydes is 1. The Bertz CT molecular complexity index is 392. The molecule has 0 aliphatic heterocycles. The Morgan fingerprint density at radius 3 is 2.20 bits per heavy atom. The first kappa shape index (κ1) is 16.5. The van der Waals surface area contributed by atoms with E-state index in [1.807, 2.05) is 13.8 Å². The van der Waals surface area contributed by atoms with Crippen molar-refractivity contribution in [1.82, 2.24) is 0 Å². The molecule has 1 aromatic carbocycles. The summed E-state index contributed by atoms with van der Waals surface area (Å²) in [5.74, 6) is 1.16. The van der Waals surface area contributed by atoms with Gasteiger partial charge in [0.2, 0.25) is 0 Å². The molecule has 0 heterocycles. The van der Waals surface area contributed by atoms with Gasteiger partial charge in [-0.05, 0) is 26.0 Å². The third-order valence-corrected chi connectivity index (χ3v) is 2.50. The van der Waals surface area contributed by atoms with Crippen LogP contribution in [-0.2, 0) is 9.47 Å². The van der Waals surface area contributed by atoms with E-state index < -0.39 is 0 Å². The Morgan fingerprint density at radius 2 is 1.60 bits per heavy atom. The lowest BCUT2D eigenvalue weighted by Crippen LogP contribution is -2.09. The Hall–Kier alpha value is -1.59. The van der Waals surface area contributed by atoms with Crippen molar-refractivity contribution in [1.29, 1.82) is 0 Å². The molecule has 0 aromatic heterocycles. The molecule has 0 atom stereocenters. The molecule has 5 heteroatoms. The van der Waals surface area contributed by atoms with E-state index in [1.165, 1.54) is 0 Å². The molecule has 0 aliphatic carbocycles. The molecule has 0 fully saturated rings. The van der Waals surface area contributed by atoms with Crippen molar-refractivity contribution in [3.8, 4) is 11.5 Å². The predicted octanol–water partition coefficient (Wildman–Crippen LogP) is 2.33. The zero-order chi connectivity index (χ0) is 14.6. The monoisotopic (exact) mass is 282 g/mol. The van der Waals surface area contributed by atoms with Crippen LogP contribution in [0.25, 0.3) is 0 Å². The minimum Gasteiger partial charge on any atom is -0.491 e. The largest absolute Gasteiger partial charge is 0.491 e. The molecule has 1 aromatic rings. The van der Waals surface area contributed by atoms with Gasteiger partial charge in [0.05, 0.1) is 18.8 Å². The van der Waals surface area contributed by atoms with Gasteiger partial charge in [0.15, 0.2) is 6.29 Å². The fraction of sp³-hybridized carbons (Fsp3) is 0.533. The average Bonchev–Trinajstić information content (AvgIpc) is 2.48. The van der Waals surface area contributed by atoms with Crippen LogP contribution in [0, 0.1) is 0 Å². The molecule has 0 saturated heterocycles. The van der Waals surface area contributed by atoms with Crippen LogP contribution in [0.4, 0.5) is 0 Å². The van der Waals surface area contributed by atoms with Crippen molar-refractivity contribution in [2.75, 3.05) is 39.6 Å². The molecule has 20 heavy (non-hydrogen) atoms. The van der Waals surface area contributed by atoms with Crippen LogP contribution in [-0.4, -0.2) is 45.9 Å². The fourth-order valence-corrected chi connectivity index (χ4v) is 1.54. The maximum Gasteiger partial charge on any atom is 0.153 e. The Balaban J connectivity index is 2.53. The van der Waals surface area contributed by atoms with E-state index >= 15 is 0 Å². The molecular formula is C15H22O5. The average molecular weight is 282 g/mol. The van der Waals surface area contributed by atoms with Crippen molar-refractivity contribution < 1.29 is 23.7 Å². The van der Waals surface area contributed by atoms with Crippen LogP contribution in [0.3, 0.4) is 0 Å². The third-order valence-electron chi connectivity index (χ3n) is 2.50. The van der Waals surface area contributed by atoms with E-state index in [9.17, 15) is 4.79 Å². The molecule has 0 unspecified atom stereocenters. The van der Waals surface area contributed by atoms with Crippen molar-refractivity contribution in [2.24, 2.45) is 0 Å². The second-order valence-electron chi connectivity index (χ2n) is 3.91. The zero-order valence-corrected chi connectivity index (χ0v) is 12.1. The van der Waals surface area contributed by atoms with Crippen LogP contribution in [0.5, 0.6) is 11.5 Å². The SMILES string of the molecule is CCOCCOc1ccc(C=O)c(OCCOCC)c1. The van der Waals surface area contributed by atoms with E-state index in [0.717, 1.165) is 6.29 Å². The number of rotatable bonds is 11. The summed E-state index contributed by atoms with van der Waals surface area (Å²) in [5, 5.41) is 0. The highest BCUT2D eigenvalue weighted by molar-refractivity contribution is 5.79. The van der Waals surface area contributed by atoms with Crippen LogP contribution >= 0.6 is 0 Å². The fourth-order valence-electron chi connectivity index (χ4n) is 1.54. The summed E-state index contributed by atoms with van der Waals surface area (Å²) in [5.41, 5.74) is 0.499. The number of hydrogen-bond donors (Lipinski definition) is 0. The molecule has 0 spiro atoms. The molecule has 0 aliphatic rings. The van der Waals surface area contributed by atoms with Gasteiger partial charge in [0, 0.05) is 19.3 Å². The second-order valence-corrected chi connectivity index (χ2v) is 3.91. The summed E-state index contributed by atoms with van der Waals surface area (Å²) in [7, 11) is 0. The summed E-state index contributed by atoms with van der Waals surface area (Å²) >= 11 is 0.